The van der Waals surface area contributed by atoms with Crippen molar-refractivity contribution in [2.45, 2.75) is 17.7 Å². The van der Waals surface area contributed by atoms with Crippen LogP contribution in [-0.4, -0.2) is 31.7 Å². The number of sulfonamides is 1. The average Bonchev–Trinajstić information content (AvgIpc) is 2.67. The molecule has 0 radical (unpaired) electrons. The second-order valence-electron chi connectivity index (χ2n) is 5.86. The van der Waals surface area contributed by atoms with Gasteiger partial charge in [0, 0.05) is 47.2 Å². The number of carbonyl (C=O) groups excluding carboxylic acids is 1. The summed E-state index contributed by atoms with van der Waals surface area (Å²) in [4.78, 5) is 12.4. The second kappa shape index (κ2) is 10.2. The van der Waals surface area contributed by atoms with Crippen molar-refractivity contribution in [1.29, 1.82) is 10.5 Å². The summed E-state index contributed by atoms with van der Waals surface area (Å²) in [5, 5.41) is 20.8. The Kier molecular flexibility index (Phi) is 8.00. The van der Waals surface area contributed by atoms with E-state index < -0.39 is 15.9 Å². The highest BCUT2D eigenvalue weighted by Gasteiger charge is 2.24. The molecule has 1 N–H and O–H groups in total. The Balaban J connectivity index is 2.20. The SMILES string of the molecule is N#CCCN(CCC#N)S(=O)(=O)c1ccc(C(=O)Nc2cc(Cl)cc(Cl)c2)cc1. The van der Waals surface area contributed by atoms with E-state index in [9.17, 15) is 13.2 Å². The third-order valence-electron chi connectivity index (χ3n) is 3.82. The van der Waals surface area contributed by atoms with Crippen molar-refractivity contribution in [3.63, 3.8) is 0 Å². The molecule has 10 heteroatoms. The molecule has 0 saturated heterocycles. The first-order valence-electron chi connectivity index (χ1n) is 8.39. The first kappa shape index (κ1) is 22.7. The zero-order valence-corrected chi connectivity index (χ0v) is 17.4. The normalized spacial score (nSPS) is 10.9. The molecule has 0 atom stereocenters. The molecular weight excluding hydrogens is 435 g/mol. The van der Waals surface area contributed by atoms with Gasteiger partial charge in [-0.25, -0.2) is 8.42 Å². The maximum Gasteiger partial charge on any atom is 0.255 e. The fraction of sp³-hybridized carbons (Fsp3) is 0.211. The standard InChI is InChI=1S/C19H16Cl2N4O3S/c20-15-11-16(21)13-17(12-15)24-19(26)14-3-5-18(6-4-14)29(27,28)25(9-1-7-22)10-2-8-23/h3-6,11-13H,1-2,9-10H2,(H,24,26). The molecule has 0 bridgehead atoms. The Morgan fingerprint density at radius 3 is 1.97 bits per heavy atom. The number of rotatable bonds is 8. The minimum Gasteiger partial charge on any atom is -0.322 e. The maximum atomic E-state index is 12.8. The lowest BCUT2D eigenvalue weighted by atomic mass is 10.2. The number of carbonyl (C=O) groups is 1. The molecule has 29 heavy (non-hydrogen) atoms. The van der Waals surface area contributed by atoms with Crippen molar-refractivity contribution < 1.29 is 13.2 Å². The summed E-state index contributed by atoms with van der Waals surface area (Å²) >= 11 is 11.8. The summed E-state index contributed by atoms with van der Waals surface area (Å²) in [6, 6.07) is 13.7. The topological polar surface area (TPSA) is 114 Å². The van der Waals surface area contributed by atoms with Crippen LogP contribution in [0.5, 0.6) is 0 Å². The van der Waals surface area contributed by atoms with Gasteiger partial charge in [-0.05, 0) is 42.5 Å². The number of hydrogen-bond acceptors (Lipinski definition) is 5. The molecule has 0 unspecified atom stereocenters. The van der Waals surface area contributed by atoms with Crippen LogP contribution in [-0.2, 0) is 10.0 Å². The molecule has 0 aliphatic rings. The third-order valence-corrected chi connectivity index (χ3v) is 6.17. The number of hydrogen-bond donors (Lipinski definition) is 1. The predicted molar refractivity (Wildman–Crippen MR) is 110 cm³/mol. The summed E-state index contributed by atoms with van der Waals surface area (Å²) in [5.41, 5.74) is 0.643. The smallest absolute Gasteiger partial charge is 0.255 e. The van der Waals surface area contributed by atoms with E-state index in [1.165, 1.54) is 42.5 Å². The summed E-state index contributed by atoms with van der Waals surface area (Å²) in [7, 11) is -3.89. The lowest BCUT2D eigenvalue weighted by molar-refractivity contribution is 0.102. The van der Waals surface area contributed by atoms with Crippen LogP contribution in [0.3, 0.4) is 0 Å². The van der Waals surface area contributed by atoms with Gasteiger partial charge >= 0.3 is 0 Å². The molecule has 2 rings (SSSR count). The Labute approximate surface area is 179 Å². The Morgan fingerprint density at radius 1 is 0.966 bits per heavy atom. The zero-order valence-electron chi connectivity index (χ0n) is 15.1. The van der Waals surface area contributed by atoms with Crippen LogP contribution in [0.15, 0.2) is 47.4 Å². The number of benzene rings is 2. The quantitative estimate of drug-likeness (QED) is 0.650. The predicted octanol–water partition coefficient (Wildman–Crippen LogP) is 4.06. The molecule has 0 aromatic heterocycles. The van der Waals surface area contributed by atoms with Crippen molar-refractivity contribution in [3.05, 3.63) is 58.1 Å². The number of anilines is 1. The number of nitriles is 2. The van der Waals surface area contributed by atoms with Gasteiger partial charge in [0.05, 0.1) is 17.0 Å². The maximum absolute atomic E-state index is 12.8. The van der Waals surface area contributed by atoms with Gasteiger partial charge < -0.3 is 5.32 Å². The lowest BCUT2D eigenvalue weighted by Gasteiger charge is -2.20. The van der Waals surface area contributed by atoms with Crippen LogP contribution in [0.25, 0.3) is 0 Å². The largest absolute Gasteiger partial charge is 0.322 e. The molecule has 0 fully saturated rings. The molecule has 7 nitrogen and oxygen atoms in total. The minimum absolute atomic E-state index is 0.00728. The number of nitrogens with one attached hydrogen (secondary N) is 1. The Bertz CT molecular complexity index is 1040. The Morgan fingerprint density at radius 2 is 1.48 bits per heavy atom. The van der Waals surface area contributed by atoms with E-state index >= 15 is 0 Å². The van der Waals surface area contributed by atoms with Crippen molar-refractivity contribution in [2.75, 3.05) is 18.4 Å². The monoisotopic (exact) mass is 450 g/mol. The highest BCUT2D eigenvalue weighted by Crippen LogP contribution is 2.23. The summed E-state index contributed by atoms with van der Waals surface area (Å²) in [6.07, 6.45) is 0.0146. The van der Waals surface area contributed by atoms with Crippen molar-refractivity contribution >= 4 is 44.8 Å². The molecular formula is C19H16Cl2N4O3S. The van der Waals surface area contributed by atoms with Gasteiger partial charge in [-0.15, -0.1) is 0 Å². The highest BCUT2D eigenvalue weighted by molar-refractivity contribution is 7.89. The first-order valence-corrected chi connectivity index (χ1v) is 10.6. The van der Waals surface area contributed by atoms with E-state index in [1.54, 1.807) is 0 Å². The van der Waals surface area contributed by atoms with Gasteiger partial charge in [0.15, 0.2) is 0 Å². The van der Waals surface area contributed by atoms with Crippen LogP contribution in [0, 0.1) is 22.7 Å². The summed E-state index contributed by atoms with van der Waals surface area (Å²) < 4.78 is 26.6. The average molecular weight is 451 g/mol. The number of amides is 1. The first-order chi connectivity index (χ1) is 13.8. The van der Waals surface area contributed by atoms with Gasteiger partial charge in [0.1, 0.15) is 0 Å². The number of nitrogens with zero attached hydrogens (tertiary/aromatic N) is 3. The lowest BCUT2D eigenvalue weighted by Crippen LogP contribution is -2.32. The van der Waals surface area contributed by atoms with Crippen LogP contribution in [0.2, 0.25) is 10.0 Å². The van der Waals surface area contributed by atoms with E-state index in [4.69, 9.17) is 33.7 Å². The fourth-order valence-electron chi connectivity index (χ4n) is 2.46. The van der Waals surface area contributed by atoms with Gasteiger partial charge in [0.2, 0.25) is 10.0 Å². The molecule has 0 heterocycles. The van der Waals surface area contributed by atoms with Crippen LogP contribution < -0.4 is 5.32 Å². The Hall–Kier alpha value is -2.62. The van der Waals surface area contributed by atoms with E-state index in [0.717, 1.165) is 4.31 Å². The second-order valence-corrected chi connectivity index (χ2v) is 8.67. The molecule has 150 valence electrons. The molecule has 0 aliphatic carbocycles. The van der Waals surface area contributed by atoms with E-state index in [1.807, 2.05) is 12.1 Å². The van der Waals surface area contributed by atoms with Crippen LogP contribution in [0.1, 0.15) is 23.2 Å². The summed E-state index contributed by atoms with van der Waals surface area (Å²) in [5.74, 6) is -0.460. The van der Waals surface area contributed by atoms with Crippen molar-refractivity contribution in [2.24, 2.45) is 0 Å². The van der Waals surface area contributed by atoms with Crippen LogP contribution >= 0.6 is 23.2 Å². The summed E-state index contributed by atoms with van der Waals surface area (Å²) in [6.45, 7) is -0.0312. The molecule has 0 aliphatic heterocycles. The molecule has 1 amide bonds. The van der Waals surface area contributed by atoms with Crippen molar-refractivity contribution in [3.8, 4) is 12.1 Å². The molecule has 2 aromatic carbocycles. The molecule has 2 aromatic rings. The minimum atomic E-state index is -3.89. The highest BCUT2D eigenvalue weighted by atomic mass is 35.5. The third kappa shape index (κ3) is 6.18. The molecule has 0 saturated carbocycles. The van der Waals surface area contributed by atoms with E-state index in [2.05, 4.69) is 5.32 Å². The van der Waals surface area contributed by atoms with E-state index in [0.29, 0.717) is 15.7 Å². The fourth-order valence-corrected chi connectivity index (χ4v) is 4.43. The zero-order chi connectivity index (χ0) is 21.4. The van der Waals surface area contributed by atoms with E-state index in [-0.39, 0.29) is 36.4 Å². The number of halogens is 2. The van der Waals surface area contributed by atoms with Crippen LogP contribution in [0.4, 0.5) is 5.69 Å². The van der Waals surface area contributed by atoms with Gasteiger partial charge in [-0.1, -0.05) is 23.2 Å². The molecule has 0 spiro atoms. The van der Waals surface area contributed by atoms with Gasteiger partial charge in [0.25, 0.3) is 5.91 Å². The van der Waals surface area contributed by atoms with Gasteiger partial charge in [-0.3, -0.25) is 4.79 Å². The van der Waals surface area contributed by atoms with Crippen molar-refractivity contribution in [1.82, 2.24) is 4.31 Å². The van der Waals surface area contributed by atoms with Gasteiger partial charge in [-0.2, -0.15) is 14.8 Å².